The van der Waals surface area contributed by atoms with Crippen molar-refractivity contribution in [3.63, 3.8) is 0 Å². The topological polar surface area (TPSA) is 58.6 Å². The quantitative estimate of drug-likeness (QED) is 0.609. The number of carbonyl (C=O) groups is 2. The fraction of sp³-hybridized carbons (Fsp3) is 0.273. The van der Waals surface area contributed by atoms with Crippen LogP contribution in [0, 0.1) is 17.6 Å². The first kappa shape index (κ1) is 20.5. The minimum atomic E-state index is -0.581. The van der Waals surface area contributed by atoms with Gasteiger partial charge in [0, 0.05) is 36.3 Å². The summed E-state index contributed by atoms with van der Waals surface area (Å²) >= 11 is 0. The highest BCUT2D eigenvalue weighted by atomic mass is 19.1. The summed E-state index contributed by atoms with van der Waals surface area (Å²) in [5, 5.41) is 2.66. The standard InChI is InChI=1S/C22H22F2N2O3/c1-29-20(27)9-8-15-4-2-7-19(24)21(15)25-22(28)16-10-12-26(13-11-16)18-6-3-5-17(23)14-18/h2-9,14,16H,10-13H2,1H3,(H,25,28)/b9-8+. The third kappa shape index (κ3) is 5.19. The number of hydrogen-bond acceptors (Lipinski definition) is 4. The van der Waals surface area contributed by atoms with Crippen LogP contribution in [0.3, 0.4) is 0 Å². The van der Waals surface area contributed by atoms with E-state index in [4.69, 9.17) is 0 Å². The SMILES string of the molecule is COC(=O)/C=C/c1cccc(F)c1NC(=O)C1CCN(c2cccc(F)c2)CC1. The van der Waals surface area contributed by atoms with Crippen LogP contribution in [0.4, 0.5) is 20.2 Å². The van der Waals surface area contributed by atoms with E-state index in [1.807, 2.05) is 11.0 Å². The number of amides is 1. The summed E-state index contributed by atoms with van der Waals surface area (Å²) < 4.78 is 32.3. The minimum Gasteiger partial charge on any atom is -0.466 e. The molecule has 0 unspecified atom stereocenters. The van der Waals surface area contributed by atoms with Crippen molar-refractivity contribution in [1.82, 2.24) is 0 Å². The lowest BCUT2D eigenvalue weighted by molar-refractivity contribution is -0.134. The maximum atomic E-state index is 14.3. The summed E-state index contributed by atoms with van der Waals surface area (Å²) in [6, 6.07) is 10.7. The number of methoxy groups -OCH3 is 1. The van der Waals surface area contributed by atoms with Crippen molar-refractivity contribution in [2.45, 2.75) is 12.8 Å². The lowest BCUT2D eigenvalue weighted by Gasteiger charge is -2.33. The highest BCUT2D eigenvalue weighted by molar-refractivity contribution is 5.96. The number of anilines is 2. The lowest BCUT2D eigenvalue weighted by atomic mass is 9.95. The molecule has 152 valence electrons. The van der Waals surface area contributed by atoms with E-state index in [9.17, 15) is 18.4 Å². The van der Waals surface area contributed by atoms with E-state index in [0.717, 1.165) is 5.69 Å². The van der Waals surface area contributed by atoms with E-state index in [0.29, 0.717) is 31.5 Å². The number of para-hydroxylation sites is 1. The maximum absolute atomic E-state index is 14.3. The van der Waals surface area contributed by atoms with Gasteiger partial charge in [0.15, 0.2) is 0 Å². The molecule has 1 saturated heterocycles. The van der Waals surface area contributed by atoms with Gasteiger partial charge < -0.3 is 15.0 Å². The van der Waals surface area contributed by atoms with Crippen LogP contribution in [-0.2, 0) is 14.3 Å². The molecular formula is C22H22F2N2O3. The van der Waals surface area contributed by atoms with E-state index in [1.165, 1.54) is 43.5 Å². The molecule has 1 fully saturated rings. The minimum absolute atomic E-state index is 0.0326. The molecule has 5 nitrogen and oxygen atoms in total. The molecule has 7 heteroatoms. The molecule has 1 amide bonds. The zero-order valence-corrected chi connectivity index (χ0v) is 16.0. The molecule has 3 rings (SSSR count). The van der Waals surface area contributed by atoms with Crippen LogP contribution in [-0.4, -0.2) is 32.1 Å². The molecule has 0 aromatic heterocycles. The maximum Gasteiger partial charge on any atom is 0.330 e. The number of benzene rings is 2. The number of hydrogen-bond donors (Lipinski definition) is 1. The highest BCUT2D eigenvalue weighted by Gasteiger charge is 2.26. The van der Waals surface area contributed by atoms with Crippen molar-refractivity contribution in [3.8, 4) is 0 Å². The average molecular weight is 400 g/mol. The molecule has 0 bridgehead atoms. The second-order valence-corrected chi connectivity index (χ2v) is 6.79. The monoisotopic (exact) mass is 400 g/mol. The van der Waals surface area contributed by atoms with Gasteiger partial charge in [-0.1, -0.05) is 18.2 Å². The molecule has 0 atom stereocenters. The summed E-state index contributed by atoms with van der Waals surface area (Å²) in [6.45, 7) is 1.21. The van der Waals surface area contributed by atoms with E-state index >= 15 is 0 Å². The molecule has 1 aliphatic heterocycles. The molecule has 1 aliphatic rings. The smallest absolute Gasteiger partial charge is 0.330 e. The largest absolute Gasteiger partial charge is 0.466 e. The first-order chi connectivity index (χ1) is 14.0. The summed E-state index contributed by atoms with van der Waals surface area (Å²) in [7, 11) is 1.25. The van der Waals surface area contributed by atoms with E-state index in [1.54, 1.807) is 12.1 Å². The first-order valence-corrected chi connectivity index (χ1v) is 9.34. The Bertz CT molecular complexity index is 922. The Morgan fingerprint density at radius 3 is 2.55 bits per heavy atom. The number of rotatable bonds is 5. The number of nitrogens with one attached hydrogen (secondary N) is 1. The van der Waals surface area contributed by atoms with Gasteiger partial charge in [-0.25, -0.2) is 13.6 Å². The number of nitrogens with zero attached hydrogens (tertiary/aromatic N) is 1. The van der Waals surface area contributed by atoms with Crippen LogP contribution >= 0.6 is 0 Å². The van der Waals surface area contributed by atoms with Gasteiger partial charge in [0.1, 0.15) is 11.6 Å². The zero-order valence-electron chi connectivity index (χ0n) is 16.0. The fourth-order valence-corrected chi connectivity index (χ4v) is 3.34. The van der Waals surface area contributed by atoms with E-state index < -0.39 is 11.8 Å². The fourth-order valence-electron chi connectivity index (χ4n) is 3.34. The van der Waals surface area contributed by atoms with Crippen LogP contribution in [0.5, 0.6) is 0 Å². The Morgan fingerprint density at radius 1 is 1.14 bits per heavy atom. The zero-order chi connectivity index (χ0) is 20.8. The summed E-state index contributed by atoms with van der Waals surface area (Å²) in [4.78, 5) is 26.0. The van der Waals surface area contributed by atoms with Gasteiger partial charge in [-0.05, 0) is 43.2 Å². The van der Waals surface area contributed by atoms with Gasteiger partial charge in [0.05, 0.1) is 12.8 Å². The number of esters is 1. The van der Waals surface area contributed by atoms with Crippen LogP contribution in [0.2, 0.25) is 0 Å². The molecule has 2 aromatic rings. The molecule has 1 N–H and O–H groups in total. The molecule has 0 spiro atoms. The van der Waals surface area contributed by atoms with Gasteiger partial charge in [0.25, 0.3) is 0 Å². The van der Waals surface area contributed by atoms with Gasteiger partial charge in [-0.3, -0.25) is 4.79 Å². The van der Waals surface area contributed by atoms with Gasteiger partial charge in [-0.15, -0.1) is 0 Å². The molecule has 0 radical (unpaired) electrons. The van der Waals surface area contributed by atoms with Crippen molar-refractivity contribution >= 4 is 29.3 Å². The molecule has 1 heterocycles. The van der Waals surface area contributed by atoms with Gasteiger partial charge >= 0.3 is 5.97 Å². The third-order valence-electron chi connectivity index (χ3n) is 4.93. The normalized spacial score (nSPS) is 14.8. The first-order valence-electron chi connectivity index (χ1n) is 9.34. The predicted molar refractivity (Wildman–Crippen MR) is 107 cm³/mol. The Morgan fingerprint density at radius 2 is 1.86 bits per heavy atom. The Kier molecular flexibility index (Phi) is 6.59. The van der Waals surface area contributed by atoms with E-state index in [2.05, 4.69) is 10.1 Å². The second-order valence-electron chi connectivity index (χ2n) is 6.79. The van der Waals surface area contributed by atoms with Crippen LogP contribution in [0.15, 0.2) is 48.5 Å². The average Bonchev–Trinajstić information content (AvgIpc) is 2.74. The second kappa shape index (κ2) is 9.32. The number of piperidine rings is 1. The van der Waals surface area contributed by atoms with Gasteiger partial charge in [0.2, 0.25) is 5.91 Å². The molecule has 29 heavy (non-hydrogen) atoms. The Labute approximate surface area is 168 Å². The summed E-state index contributed by atoms with van der Waals surface area (Å²) in [5.41, 5.74) is 1.19. The van der Waals surface area contributed by atoms with Crippen molar-refractivity contribution in [3.05, 3.63) is 65.7 Å². The number of ether oxygens (including phenoxy) is 1. The summed E-state index contributed by atoms with van der Waals surface area (Å²) in [6.07, 6.45) is 3.72. The lowest BCUT2D eigenvalue weighted by Crippen LogP contribution is -2.38. The number of carbonyl (C=O) groups excluding carboxylic acids is 2. The molecular weight excluding hydrogens is 378 g/mol. The molecule has 0 aliphatic carbocycles. The van der Waals surface area contributed by atoms with Crippen molar-refractivity contribution < 1.29 is 23.1 Å². The Hall–Kier alpha value is -3.22. The molecule has 2 aromatic carbocycles. The van der Waals surface area contributed by atoms with Crippen molar-refractivity contribution in [2.24, 2.45) is 5.92 Å². The predicted octanol–water partition coefficient (Wildman–Crippen LogP) is 4.01. The van der Waals surface area contributed by atoms with E-state index in [-0.39, 0.29) is 23.3 Å². The van der Waals surface area contributed by atoms with Gasteiger partial charge in [-0.2, -0.15) is 0 Å². The van der Waals surface area contributed by atoms with Crippen LogP contribution in [0.25, 0.3) is 6.08 Å². The van der Waals surface area contributed by atoms with Crippen molar-refractivity contribution in [2.75, 3.05) is 30.4 Å². The van der Waals surface area contributed by atoms with Crippen LogP contribution in [0.1, 0.15) is 18.4 Å². The Balaban J connectivity index is 1.66. The highest BCUT2D eigenvalue weighted by Crippen LogP contribution is 2.27. The summed E-state index contributed by atoms with van der Waals surface area (Å²) in [5.74, 6) is -2.01. The van der Waals surface area contributed by atoms with Crippen LogP contribution < -0.4 is 10.2 Å². The third-order valence-corrected chi connectivity index (χ3v) is 4.93. The number of halogens is 2. The van der Waals surface area contributed by atoms with Crippen molar-refractivity contribution in [1.29, 1.82) is 0 Å². The molecule has 0 saturated carbocycles.